The van der Waals surface area contributed by atoms with Crippen LogP contribution in [0, 0.1) is 5.92 Å². The number of hydrogen-bond acceptors (Lipinski definition) is 7. The third-order valence-electron chi connectivity index (χ3n) is 8.60. The average Bonchev–Trinajstić information content (AvgIpc) is 3.65. The smallest absolute Gasteiger partial charge is 0.255 e. The van der Waals surface area contributed by atoms with Crippen LogP contribution in [0.1, 0.15) is 82.5 Å². The first-order valence-corrected chi connectivity index (χ1v) is 16.0. The molecule has 1 aromatic carbocycles. The van der Waals surface area contributed by atoms with Gasteiger partial charge >= 0.3 is 0 Å². The van der Waals surface area contributed by atoms with Crippen molar-refractivity contribution in [2.24, 2.45) is 5.92 Å². The molecule has 2 aliphatic heterocycles. The van der Waals surface area contributed by atoms with Gasteiger partial charge in [0.2, 0.25) is 29.5 Å². The van der Waals surface area contributed by atoms with E-state index in [0.717, 1.165) is 6.42 Å². The first-order chi connectivity index (χ1) is 21.5. The zero-order valence-electron chi connectivity index (χ0n) is 26.4. The van der Waals surface area contributed by atoms with Crippen molar-refractivity contribution in [2.45, 2.75) is 95.8 Å². The maximum atomic E-state index is 13.7. The van der Waals surface area contributed by atoms with Crippen LogP contribution in [0.2, 0.25) is 0 Å². The summed E-state index contributed by atoms with van der Waals surface area (Å²) in [6, 6.07) is 3.96. The molecule has 6 amide bonds. The Balaban J connectivity index is 1.57. The van der Waals surface area contributed by atoms with Gasteiger partial charge in [-0.25, -0.2) is 0 Å². The second-order valence-electron chi connectivity index (χ2n) is 12.6. The number of nitrogens with zero attached hydrogens (tertiary/aromatic N) is 1. The highest BCUT2D eigenvalue weighted by Gasteiger charge is 2.44. The van der Waals surface area contributed by atoms with Crippen molar-refractivity contribution in [3.05, 3.63) is 29.8 Å². The Bertz CT molecular complexity index is 1280. The van der Waals surface area contributed by atoms with Crippen LogP contribution >= 0.6 is 0 Å². The minimum absolute atomic E-state index is 0.0439. The molecule has 0 unspecified atom stereocenters. The van der Waals surface area contributed by atoms with Gasteiger partial charge in [-0.2, -0.15) is 0 Å². The molecule has 45 heavy (non-hydrogen) atoms. The summed E-state index contributed by atoms with van der Waals surface area (Å²) in [6.07, 6.45) is 3.64. The summed E-state index contributed by atoms with van der Waals surface area (Å²) in [4.78, 5) is 81.0. The Labute approximate surface area is 263 Å². The zero-order chi connectivity index (χ0) is 32.6. The van der Waals surface area contributed by atoms with Crippen LogP contribution in [-0.4, -0.2) is 90.2 Å². The Kier molecular flexibility index (Phi) is 11.4. The molecule has 0 radical (unpaired) electrons. The predicted molar refractivity (Wildman–Crippen MR) is 165 cm³/mol. The van der Waals surface area contributed by atoms with Crippen LogP contribution in [0.15, 0.2) is 24.3 Å². The lowest BCUT2D eigenvalue weighted by atomic mass is 9.93. The van der Waals surface area contributed by atoms with Crippen LogP contribution in [0.5, 0.6) is 5.75 Å². The maximum absolute atomic E-state index is 13.7. The molecule has 1 spiro atoms. The number of ether oxygens (including phenoxy) is 1. The first kappa shape index (κ1) is 33.7. The highest BCUT2D eigenvalue weighted by Crippen LogP contribution is 2.31. The number of hydrogen-bond donors (Lipinski definition) is 5. The van der Waals surface area contributed by atoms with Gasteiger partial charge in [0.05, 0.1) is 18.0 Å². The lowest BCUT2D eigenvalue weighted by molar-refractivity contribution is -0.137. The molecule has 4 rings (SSSR count). The monoisotopic (exact) mass is 626 g/mol. The summed E-state index contributed by atoms with van der Waals surface area (Å²) in [5, 5.41) is 14.1. The highest BCUT2D eigenvalue weighted by atomic mass is 16.5. The molecular weight excluding hydrogens is 580 g/mol. The van der Waals surface area contributed by atoms with E-state index in [1.54, 1.807) is 36.1 Å². The molecule has 13 heteroatoms. The number of amides is 6. The van der Waals surface area contributed by atoms with E-state index >= 15 is 0 Å². The van der Waals surface area contributed by atoms with Gasteiger partial charge < -0.3 is 36.2 Å². The molecule has 3 atom stereocenters. The molecule has 13 nitrogen and oxygen atoms in total. The van der Waals surface area contributed by atoms with Gasteiger partial charge in [0.1, 0.15) is 30.0 Å². The normalized spacial score (nSPS) is 24.7. The van der Waals surface area contributed by atoms with Crippen LogP contribution in [0.3, 0.4) is 0 Å². The van der Waals surface area contributed by atoms with E-state index in [1.165, 1.54) is 0 Å². The van der Waals surface area contributed by atoms with Gasteiger partial charge in [0.15, 0.2) is 0 Å². The van der Waals surface area contributed by atoms with Gasteiger partial charge in [0.25, 0.3) is 5.91 Å². The van der Waals surface area contributed by atoms with Gasteiger partial charge in [-0.05, 0) is 50.7 Å². The van der Waals surface area contributed by atoms with Crippen LogP contribution in [-0.2, 0) is 24.0 Å². The molecule has 3 aliphatic rings. The van der Waals surface area contributed by atoms with Crippen molar-refractivity contribution in [2.75, 3.05) is 26.2 Å². The number of para-hydroxylation sites is 1. The van der Waals surface area contributed by atoms with E-state index in [4.69, 9.17) is 4.74 Å². The number of rotatable bonds is 6. The molecular formula is C32H46N6O7. The largest absolute Gasteiger partial charge is 0.491 e. The van der Waals surface area contributed by atoms with Crippen molar-refractivity contribution < 1.29 is 33.5 Å². The summed E-state index contributed by atoms with van der Waals surface area (Å²) < 4.78 is 5.92. The number of benzene rings is 1. The fraction of sp³-hybridized carbons (Fsp3) is 0.625. The number of carbonyl (C=O) groups excluding carboxylic acids is 6. The predicted octanol–water partition coefficient (Wildman–Crippen LogP) is 0.771. The summed E-state index contributed by atoms with van der Waals surface area (Å²) in [7, 11) is 0. The Morgan fingerprint density at radius 3 is 2.47 bits per heavy atom. The lowest BCUT2D eigenvalue weighted by Crippen LogP contribution is -2.62. The number of nitrogens with one attached hydrogen (secondary N) is 5. The fourth-order valence-electron chi connectivity index (χ4n) is 6.06. The Morgan fingerprint density at radius 2 is 1.78 bits per heavy atom. The van der Waals surface area contributed by atoms with Crippen molar-refractivity contribution in [1.29, 1.82) is 0 Å². The molecule has 5 N–H and O–H groups in total. The van der Waals surface area contributed by atoms with Crippen molar-refractivity contribution in [3.8, 4) is 5.75 Å². The topological polar surface area (TPSA) is 175 Å². The molecule has 246 valence electrons. The summed E-state index contributed by atoms with van der Waals surface area (Å²) in [5.41, 5.74) is -1.08. The van der Waals surface area contributed by atoms with Crippen molar-refractivity contribution in [1.82, 2.24) is 31.5 Å². The molecule has 2 fully saturated rings. The molecule has 1 aliphatic carbocycles. The molecule has 1 saturated heterocycles. The summed E-state index contributed by atoms with van der Waals surface area (Å²) >= 11 is 0. The quantitative estimate of drug-likeness (QED) is 0.290. The SMILES string of the molecule is CC(C)[C@H]1NC(=O)C2(CCCC2)NC(=O)C[C@@H](C(=O)NCCCN2CCCC2=O)NC(=O)c2ccccc2OC[C@H](C)NC1=O. The third kappa shape index (κ3) is 8.73. The van der Waals surface area contributed by atoms with Gasteiger partial charge in [0, 0.05) is 26.1 Å². The number of fused-ring (bicyclic) bond motifs is 1. The molecule has 0 bridgehead atoms. The molecule has 2 heterocycles. The number of carbonyl (C=O) groups is 6. The van der Waals surface area contributed by atoms with Gasteiger partial charge in [-0.1, -0.05) is 38.8 Å². The van der Waals surface area contributed by atoms with Crippen molar-refractivity contribution >= 4 is 35.4 Å². The van der Waals surface area contributed by atoms with Gasteiger partial charge in [-0.3, -0.25) is 28.8 Å². The van der Waals surface area contributed by atoms with Crippen LogP contribution < -0.4 is 31.3 Å². The zero-order valence-corrected chi connectivity index (χ0v) is 26.4. The second-order valence-corrected chi connectivity index (χ2v) is 12.6. The van der Waals surface area contributed by atoms with E-state index in [-0.39, 0.29) is 42.2 Å². The fourth-order valence-corrected chi connectivity index (χ4v) is 6.06. The summed E-state index contributed by atoms with van der Waals surface area (Å²) in [6.45, 7) is 6.91. The van der Waals surface area contributed by atoms with E-state index in [2.05, 4.69) is 26.6 Å². The Morgan fingerprint density at radius 1 is 1.04 bits per heavy atom. The standard InChI is InChI=1S/C32H46N6O7/c1-20(2)27-30(43)34-21(3)19-45-24-11-5-4-10-22(24)28(41)35-23(29(42)33-15-9-17-38-16-8-12-26(38)40)18-25(39)37-32(31(44)36-27)13-6-7-14-32/h4-5,10-11,20-21,23,27H,6-9,12-19H2,1-3H3,(H,33,42)(H,34,43)(H,35,41)(H,36,44)(H,37,39)/t21-,23-,27+/m0/s1. The molecule has 1 aromatic rings. The highest BCUT2D eigenvalue weighted by molar-refractivity contribution is 6.01. The van der Waals surface area contributed by atoms with E-state index < -0.39 is 53.7 Å². The molecule has 0 aromatic heterocycles. The van der Waals surface area contributed by atoms with E-state index in [0.29, 0.717) is 51.6 Å². The van der Waals surface area contributed by atoms with Gasteiger partial charge in [-0.15, -0.1) is 0 Å². The minimum Gasteiger partial charge on any atom is -0.491 e. The minimum atomic E-state index is -1.25. The second kappa shape index (κ2) is 15.2. The summed E-state index contributed by atoms with van der Waals surface area (Å²) in [5.74, 6) is -2.48. The van der Waals surface area contributed by atoms with E-state index in [1.807, 2.05) is 13.8 Å². The van der Waals surface area contributed by atoms with Crippen LogP contribution in [0.4, 0.5) is 0 Å². The number of likely N-dealkylation sites (tertiary alicyclic amines) is 1. The maximum Gasteiger partial charge on any atom is 0.255 e. The van der Waals surface area contributed by atoms with Crippen LogP contribution in [0.25, 0.3) is 0 Å². The van der Waals surface area contributed by atoms with E-state index in [9.17, 15) is 28.8 Å². The average molecular weight is 627 g/mol. The molecule has 1 saturated carbocycles. The third-order valence-corrected chi connectivity index (χ3v) is 8.60. The van der Waals surface area contributed by atoms with Crippen molar-refractivity contribution in [3.63, 3.8) is 0 Å². The first-order valence-electron chi connectivity index (χ1n) is 16.0. The lowest BCUT2D eigenvalue weighted by Gasteiger charge is -2.33. The Hall–Kier alpha value is -4.16.